The van der Waals surface area contributed by atoms with Gasteiger partial charge in [-0.15, -0.1) is 0 Å². The van der Waals surface area contributed by atoms with Crippen LogP contribution in [0, 0.1) is 11.8 Å². The average Bonchev–Trinajstić information content (AvgIpc) is 2.54. The molecule has 2 N–H and O–H groups in total. The Morgan fingerprint density at radius 2 is 1.61 bits per heavy atom. The largest absolute Gasteiger partial charge is 0.481 e. The minimum atomic E-state index is -2.94. The fourth-order valence-corrected chi connectivity index (χ4v) is 3.23. The van der Waals surface area contributed by atoms with Gasteiger partial charge in [0, 0.05) is 16.5 Å². The highest BCUT2D eigenvalue weighted by Crippen LogP contribution is 2.30. The van der Waals surface area contributed by atoms with Crippen LogP contribution in [-0.4, -0.2) is 26.9 Å². The van der Waals surface area contributed by atoms with Gasteiger partial charge in [0.15, 0.2) is 0 Å². The van der Waals surface area contributed by atoms with Crippen molar-refractivity contribution >= 4 is 28.4 Å². The maximum atomic E-state index is 12.3. The van der Waals surface area contributed by atoms with E-state index in [-0.39, 0.29) is 22.6 Å². The van der Waals surface area contributed by atoms with Crippen LogP contribution < -0.4 is 5.32 Å². The number of hydrogen-bond acceptors (Lipinski definition) is 3. The van der Waals surface area contributed by atoms with E-state index in [1.165, 1.54) is 24.3 Å². The van der Waals surface area contributed by atoms with E-state index in [4.69, 9.17) is 5.11 Å². The summed E-state index contributed by atoms with van der Waals surface area (Å²) in [6.45, 7) is 0. The van der Waals surface area contributed by atoms with Gasteiger partial charge >= 0.3 is 11.7 Å². The predicted octanol–water partition coefficient (Wildman–Crippen LogP) is 2.85. The first-order valence-corrected chi connectivity index (χ1v) is 8.42. The lowest BCUT2D eigenvalue weighted by Crippen LogP contribution is -2.29. The number of rotatable bonds is 5. The average molecular weight is 345 g/mol. The second-order valence-corrected chi connectivity index (χ2v) is 6.88. The molecule has 1 saturated carbocycles. The molecule has 1 amide bonds. The molecule has 0 aliphatic heterocycles. The molecule has 5 nitrogen and oxygen atoms in total. The first-order chi connectivity index (χ1) is 10.9. The molecule has 0 heterocycles. The molecular weight excluding hydrogens is 328 g/mol. The fourth-order valence-electron chi connectivity index (χ4n) is 2.62. The summed E-state index contributed by atoms with van der Waals surface area (Å²) in [5.41, 5.74) is 0.436. The highest BCUT2D eigenvalue weighted by molar-refractivity contribution is 7.85. The van der Waals surface area contributed by atoms with E-state index < -0.39 is 22.5 Å². The molecule has 23 heavy (non-hydrogen) atoms. The standard InChI is InChI=1S/C15H17F2NO4S/c16-15(17)23(22)12-7-5-11(6-8-12)18-13(19)9-1-3-10(4-2-9)14(20)21/h5-10,15H,1-4H2,(H,18,19)(H,20,21). The Morgan fingerprint density at radius 1 is 1.09 bits per heavy atom. The second-order valence-electron chi connectivity index (χ2n) is 5.46. The van der Waals surface area contributed by atoms with Gasteiger partial charge in [-0.1, -0.05) is 0 Å². The zero-order valence-electron chi connectivity index (χ0n) is 12.2. The number of amides is 1. The fraction of sp³-hybridized carbons (Fsp3) is 0.467. The van der Waals surface area contributed by atoms with Gasteiger partial charge in [0.05, 0.1) is 5.92 Å². The second kappa shape index (κ2) is 7.63. The Balaban J connectivity index is 1.91. The topological polar surface area (TPSA) is 83.5 Å². The van der Waals surface area contributed by atoms with E-state index in [0.29, 0.717) is 31.4 Å². The van der Waals surface area contributed by atoms with Gasteiger partial charge in [-0.05, 0) is 49.9 Å². The molecule has 126 valence electrons. The number of hydrogen-bond donors (Lipinski definition) is 2. The van der Waals surface area contributed by atoms with Crippen molar-refractivity contribution < 1.29 is 27.7 Å². The third-order valence-corrected chi connectivity index (χ3v) is 5.02. The number of carboxylic acids is 1. The van der Waals surface area contributed by atoms with Crippen molar-refractivity contribution in [2.24, 2.45) is 11.8 Å². The molecule has 8 heteroatoms. The smallest absolute Gasteiger partial charge is 0.316 e. The number of carbonyl (C=O) groups excluding carboxylic acids is 1. The predicted molar refractivity (Wildman–Crippen MR) is 80.6 cm³/mol. The molecule has 1 fully saturated rings. The Bertz CT molecular complexity index is 598. The van der Waals surface area contributed by atoms with E-state index in [9.17, 15) is 22.6 Å². The number of carbonyl (C=O) groups is 2. The molecule has 2 rings (SSSR count). The van der Waals surface area contributed by atoms with Gasteiger partial charge in [0.1, 0.15) is 10.8 Å². The van der Waals surface area contributed by atoms with Gasteiger partial charge < -0.3 is 10.4 Å². The van der Waals surface area contributed by atoms with Crippen LogP contribution >= 0.6 is 0 Å². The van der Waals surface area contributed by atoms with E-state index in [0.717, 1.165) is 0 Å². The van der Waals surface area contributed by atoms with E-state index in [1.807, 2.05) is 0 Å². The molecule has 0 bridgehead atoms. The third-order valence-electron chi connectivity index (χ3n) is 3.96. The number of benzene rings is 1. The van der Waals surface area contributed by atoms with Crippen LogP contribution in [0.3, 0.4) is 0 Å². The lowest BCUT2D eigenvalue weighted by atomic mass is 9.81. The molecule has 1 unspecified atom stereocenters. The molecule has 1 atom stereocenters. The molecule has 1 aliphatic carbocycles. The van der Waals surface area contributed by atoms with Crippen LogP contribution in [0.5, 0.6) is 0 Å². The highest BCUT2D eigenvalue weighted by atomic mass is 32.2. The summed E-state index contributed by atoms with van der Waals surface area (Å²) in [6, 6.07) is 5.44. The lowest BCUT2D eigenvalue weighted by Gasteiger charge is -2.25. The minimum Gasteiger partial charge on any atom is -0.481 e. The molecule has 1 aromatic carbocycles. The zero-order valence-corrected chi connectivity index (χ0v) is 13.0. The van der Waals surface area contributed by atoms with Crippen LogP contribution in [0.25, 0.3) is 0 Å². The summed E-state index contributed by atoms with van der Waals surface area (Å²) >= 11 is 0. The summed E-state index contributed by atoms with van der Waals surface area (Å²) in [7, 11) is -2.37. The van der Waals surface area contributed by atoms with E-state index in [1.54, 1.807) is 0 Å². The van der Waals surface area contributed by atoms with Crippen molar-refractivity contribution in [3.8, 4) is 0 Å². The Kier molecular flexibility index (Phi) is 5.81. The van der Waals surface area contributed by atoms with Crippen molar-refractivity contribution in [2.45, 2.75) is 36.3 Å². The van der Waals surface area contributed by atoms with Gasteiger partial charge in [-0.3, -0.25) is 9.59 Å². The number of alkyl halides is 2. The van der Waals surface area contributed by atoms with E-state index >= 15 is 0 Å². The van der Waals surface area contributed by atoms with E-state index in [2.05, 4.69) is 5.32 Å². The first kappa shape index (κ1) is 17.5. The van der Waals surface area contributed by atoms with Crippen molar-refractivity contribution in [1.29, 1.82) is 0 Å². The third kappa shape index (κ3) is 4.57. The number of nitrogens with one attached hydrogen (secondary N) is 1. The summed E-state index contributed by atoms with van der Waals surface area (Å²) in [6.07, 6.45) is 1.96. The van der Waals surface area contributed by atoms with Gasteiger partial charge in [0.2, 0.25) is 5.91 Å². The number of halogens is 2. The molecule has 1 aliphatic rings. The summed E-state index contributed by atoms with van der Waals surface area (Å²) in [4.78, 5) is 23.0. The Hall–Kier alpha value is -1.83. The molecule has 0 spiro atoms. The van der Waals surface area contributed by atoms with Gasteiger partial charge in [-0.25, -0.2) is 4.21 Å². The SMILES string of the molecule is O=C(O)C1CCC(C(=O)Nc2ccc(S(=O)C(F)F)cc2)CC1. The van der Waals surface area contributed by atoms with Crippen LogP contribution in [0.2, 0.25) is 0 Å². The Morgan fingerprint density at radius 3 is 2.09 bits per heavy atom. The highest BCUT2D eigenvalue weighted by Gasteiger charge is 2.29. The molecular formula is C15H17F2NO4S. The van der Waals surface area contributed by atoms with Gasteiger partial charge in [0.25, 0.3) is 0 Å². The summed E-state index contributed by atoms with van der Waals surface area (Å²) in [5.74, 6) is -4.62. The first-order valence-electron chi connectivity index (χ1n) is 7.21. The molecule has 0 radical (unpaired) electrons. The quantitative estimate of drug-likeness (QED) is 0.859. The number of anilines is 1. The summed E-state index contributed by atoms with van der Waals surface area (Å²) < 4.78 is 35.9. The summed E-state index contributed by atoms with van der Waals surface area (Å²) in [5, 5.41) is 11.6. The zero-order chi connectivity index (χ0) is 17.0. The maximum Gasteiger partial charge on any atom is 0.316 e. The van der Waals surface area contributed by atoms with Crippen LogP contribution in [0.1, 0.15) is 25.7 Å². The van der Waals surface area contributed by atoms with Crippen molar-refractivity contribution in [3.05, 3.63) is 24.3 Å². The van der Waals surface area contributed by atoms with Gasteiger partial charge in [-0.2, -0.15) is 8.78 Å². The normalized spacial score (nSPS) is 22.6. The maximum absolute atomic E-state index is 12.3. The van der Waals surface area contributed by atoms with Crippen molar-refractivity contribution in [3.63, 3.8) is 0 Å². The monoisotopic (exact) mass is 345 g/mol. The minimum absolute atomic E-state index is 0.0000321. The molecule has 1 aromatic rings. The number of aliphatic carboxylic acids is 1. The van der Waals surface area contributed by atoms with Crippen LogP contribution in [0.15, 0.2) is 29.2 Å². The van der Waals surface area contributed by atoms with Crippen molar-refractivity contribution in [2.75, 3.05) is 5.32 Å². The molecule has 0 saturated heterocycles. The van der Waals surface area contributed by atoms with Crippen LogP contribution in [-0.2, 0) is 20.4 Å². The van der Waals surface area contributed by atoms with Crippen LogP contribution in [0.4, 0.5) is 14.5 Å². The lowest BCUT2D eigenvalue weighted by molar-refractivity contribution is -0.143. The molecule has 0 aromatic heterocycles. The van der Waals surface area contributed by atoms with Crippen molar-refractivity contribution in [1.82, 2.24) is 0 Å². The number of carboxylic acid groups (broad SMARTS) is 1. The Labute approximate surface area is 134 Å².